The van der Waals surface area contributed by atoms with Crippen molar-refractivity contribution >= 4 is 12.0 Å². The summed E-state index contributed by atoms with van der Waals surface area (Å²) in [6.07, 6.45) is 4.34. The van der Waals surface area contributed by atoms with E-state index in [1.165, 1.54) is 0 Å². The summed E-state index contributed by atoms with van der Waals surface area (Å²) < 4.78 is 0. The van der Waals surface area contributed by atoms with Crippen LogP contribution in [0, 0.1) is 0 Å². The van der Waals surface area contributed by atoms with Crippen LogP contribution in [0.4, 0.5) is 4.79 Å². The van der Waals surface area contributed by atoms with Gasteiger partial charge in [0.25, 0.3) is 0 Å². The molecule has 0 bridgehead atoms. The van der Waals surface area contributed by atoms with Crippen LogP contribution in [0.25, 0.3) is 0 Å². The molecule has 5 heteroatoms. The molecule has 5 nitrogen and oxygen atoms in total. The molecule has 1 rings (SSSR count). The molecule has 0 spiro atoms. The average Bonchev–Trinajstić information content (AvgIpc) is 2.26. The van der Waals surface area contributed by atoms with Gasteiger partial charge in [-0.25, -0.2) is 4.79 Å². The zero-order chi connectivity index (χ0) is 12.0. The highest BCUT2D eigenvalue weighted by Crippen LogP contribution is 2.19. The predicted molar refractivity (Wildman–Crippen MR) is 60.2 cm³/mol. The van der Waals surface area contributed by atoms with Crippen LogP contribution in [0.3, 0.4) is 0 Å². The maximum Gasteiger partial charge on any atom is 0.317 e. The van der Waals surface area contributed by atoms with E-state index in [4.69, 9.17) is 5.11 Å². The molecule has 16 heavy (non-hydrogen) atoms. The van der Waals surface area contributed by atoms with E-state index in [1.807, 2.05) is 0 Å². The van der Waals surface area contributed by atoms with Gasteiger partial charge >= 0.3 is 12.0 Å². The topological polar surface area (TPSA) is 69.6 Å². The Morgan fingerprint density at radius 2 is 2.25 bits per heavy atom. The van der Waals surface area contributed by atoms with Crippen LogP contribution in [0.1, 0.15) is 25.7 Å². The number of amides is 2. The molecule has 0 aromatic heterocycles. The van der Waals surface area contributed by atoms with Gasteiger partial charge in [-0.3, -0.25) is 4.79 Å². The van der Waals surface area contributed by atoms with Gasteiger partial charge in [0, 0.05) is 19.1 Å². The molecule has 0 saturated carbocycles. The lowest BCUT2D eigenvalue weighted by Crippen LogP contribution is -2.49. The molecule has 1 heterocycles. The highest BCUT2D eigenvalue weighted by molar-refractivity contribution is 5.76. The number of likely N-dealkylation sites (tertiary alicyclic amines) is 1. The lowest BCUT2D eigenvalue weighted by molar-refractivity contribution is -0.138. The summed E-state index contributed by atoms with van der Waals surface area (Å²) in [5.74, 6) is -0.853. The Balaban J connectivity index is 2.54. The van der Waals surface area contributed by atoms with Gasteiger partial charge in [0.15, 0.2) is 0 Å². The molecule has 0 aromatic carbocycles. The summed E-state index contributed by atoms with van der Waals surface area (Å²) in [7, 11) is 0. The van der Waals surface area contributed by atoms with E-state index in [0.29, 0.717) is 13.1 Å². The monoisotopic (exact) mass is 226 g/mol. The van der Waals surface area contributed by atoms with Crippen LogP contribution in [0.2, 0.25) is 0 Å². The van der Waals surface area contributed by atoms with Gasteiger partial charge in [-0.1, -0.05) is 6.08 Å². The molecule has 1 fully saturated rings. The van der Waals surface area contributed by atoms with E-state index >= 15 is 0 Å². The number of carboxylic acid groups (broad SMARTS) is 1. The lowest BCUT2D eigenvalue weighted by Gasteiger charge is -2.34. The lowest BCUT2D eigenvalue weighted by atomic mass is 10.00. The number of rotatable bonds is 4. The van der Waals surface area contributed by atoms with Gasteiger partial charge in [0.05, 0.1) is 6.42 Å². The third-order valence-electron chi connectivity index (χ3n) is 2.70. The minimum absolute atomic E-state index is 0.0293. The van der Waals surface area contributed by atoms with Crippen LogP contribution in [0.15, 0.2) is 12.7 Å². The highest BCUT2D eigenvalue weighted by atomic mass is 16.4. The van der Waals surface area contributed by atoms with Gasteiger partial charge in [-0.05, 0) is 19.3 Å². The molecule has 1 unspecified atom stereocenters. The summed E-state index contributed by atoms with van der Waals surface area (Å²) in [4.78, 5) is 24.0. The Kier molecular flexibility index (Phi) is 4.82. The number of carbonyl (C=O) groups excluding carboxylic acids is 1. The van der Waals surface area contributed by atoms with Crippen molar-refractivity contribution in [1.29, 1.82) is 0 Å². The summed E-state index contributed by atoms with van der Waals surface area (Å²) in [5, 5.41) is 11.4. The van der Waals surface area contributed by atoms with E-state index in [9.17, 15) is 9.59 Å². The molecule has 1 atom stereocenters. The van der Waals surface area contributed by atoms with Crippen molar-refractivity contribution < 1.29 is 14.7 Å². The van der Waals surface area contributed by atoms with Gasteiger partial charge < -0.3 is 15.3 Å². The van der Waals surface area contributed by atoms with Gasteiger partial charge in [0.2, 0.25) is 0 Å². The number of piperidine rings is 1. The SMILES string of the molecule is C=CCNC(=O)N1CCCCC1CC(=O)O. The quantitative estimate of drug-likeness (QED) is 0.708. The number of carbonyl (C=O) groups is 2. The van der Waals surface area contributed by atoms with Crippen LogP contribution in [0.5, 0.6) is 0 Å². The smallest absolute Gasteiger partial charge is 0.317 e. The fraction of sp³-hybridized carbons (Fsp3) is 0.636. The second kappa shape index (κ2) is 6.15. The molecule has 0 aromatic rings. The summed E-state index contributed by atoms with van der Waals surface area (Å²) in [5.41, 5.74) is 0. The largest absolute Gasteiger partial charge is 0.481 e. The minimum Gasteiger partial charge on any atom is -0.481 e. The number of urea groups is 1. The first-order chi connectivity index (χ1) is 7.65. The van der Waals surface area contributed by atoms with E-state index in [-0.39, 0.29) is 18.5 Å². The molecule has 2 amide bonds. The first-order valence-corrected chi connectivity index (χ1v) is 5.52. The van der Waals surface area contributed by atoms with Crippen LogP contribution in [-0.2, 0) is 4.79 Å². The Bertz CT molecular complexity index is 278. The summed E-state index contributed by atoms with van der Waals surface area (Å²) in [6, 6.07) is -0.359. The number of hydrogen-bond donors (Lipinski definition) is 2. The molecular formula is C11H18N2O3. The number of carboxylic acids is 1. The Labute approximate surface area is 95.1 Å². The number of nitrogens with zero attached hydrogens (tertiary/aromatic N) is 1. The molecule has 0 aliphatic carbocycles. The van der Waals surface area contributed by atoms with Gasteiger partial charge in [-0.15, -0.1) is 6.58 Å². The Morgan fingerprint density at radius 3 is 2.88 bits per heavy atom. The molecule has 0 radical (unpaired) electrons. The number of aliphatic carboxylic acids is 1. The van der Waals surface area contributed by atoms with Gasteiger partial charge in [0.1, 0.15) is 0 Å². The zero-order valence-electron chi connectivity index (χ0n) is 9.32. The summed E-state index contributed by atoms with van der Waals surface area (Å²) in [6.45, 7) is 4.57. The standard InChI is InChI=1S/C11H18N2O3/c1-2-6-12-11(16)13-7-4-3-5-9(13)8-10(14)15/h2,9H,1,3-8H2,(H,12,16)(H,14,15). The normalized spacial score (nSPS) is 20.2. The Hall–Kier alpha value is -1.52. The number of hydrogen-bond acceptors (Lipinski definition) is 2. The second-order valence-electron chi connectivity index (χ2n) is 3.92. The first kappa shape index (κ1) is 12.5. The van der Waals surface area contributed by atoms with E-state index < -0.39 is 5.97 Å². The maximum absolute atomic E-state index is 11.7. The van der Waals surface area contributed by atoms with E-state index in [0.717, 1.165) is 19.3 Å². The van der Waals surface area contributed by atoms with Crippen molar-refractivity contribution in [2.45, 2.75) is 31.7 Å². The van der Waals surface area contributed by atoms with Crippen molar-refractivity contribution in [3.8, 4) is 0 Å². The predicted octanol–water partition coefficient (Wildman–Crippen LogP) is 1.21. The summed E-state index contributed by atoms with van der Waals surface area (Å²) >= 11 is 0. The molecule has 2 N–H and O–H groups in total. The molecule has 1 aliphatic rings. The van der Waals surface area contributed by atoms with Crippen molar-refractivity contribution in [2.24, 2.45) is 0 Å². The van der Waals surface area contributed by atoms with Crippen molar-refractivity contribution in [3.05, 3.63) is 12.7 Å². The van der Waals surface area contributed by atoms with Gasteiger partial charge in [-0.2, -0.15) is 0 Å². The third kappa shape index (κ3) is 3.56. The molecule has 90 valence electrons. The fourth-order valence-electron chi connectivity index (χ4n) is 1.94. The van der Waals surface area contributed by atoms with E-state index in [2.05, 4.69) is 11.9 Å². The van der Waals surface area contributed by atoms with E-state index in [1.54, 1.807) is 11.0 Å². The maximum atomic E-state index is 11.7. The zero-order valence-corrected chi connectivity index (χ0v) is 9.32. The van der Waals surface area contributed by atoms with Crippen LogP contribution in [-0.4, -0.2) is 41.1 Å². The Morgan fingerprint density at radius 1 is 1.50 bits per heavy atom. The van der Waals surface area contributed by atoms with Crippen molar-refractivity contribution in [2.75, 3.05) is 13.1 Å². The number of nitrogens with one attached hydrogen (secondary N) is 1. The molecular weight excluding hydrogens is 208 g/mol. The fourth-order valence-corrected chi connectivity index (χ4v) is 1.94. The van der Waals surface area contributed by atoms with Crippen molar-refractivity contribution in [3.63, 3.8) is 0 Å². The minimum atomic E-state index is -0.853. The molecule has 1 aliphatic heterocycles. The van der Waals surface area contributed by atoms with Crippen molar-refractivity contribution in [1.82, 2.24) is 10.2 Å². The second-order valence-corrected chi connectivity index (χ2v) is 3.92. The molecule has 1 saturated heterocycles. The van der Waals surface area contributed by atoms with Crippen LogP contribution < -0.4 is 5.32 Å². The first-order valence-electron chi connectivity index (χ1n) is 5.52. The third-order valence-corrected chi connectivity index (χ3v) is 2.70. The average molecular weight is 226 g/mol. The van der Waals surface area contributed by atoms with Crippen LogP contribution >= 0.6 is 0 Å². The highest BCUT2D eigenvalue weighted by Gasteiger charge is 2.27.